The van der Waals surface area contributed by atoms with E-state index in [1.165, 1.54) is 68.6 Å². The number of nitrogens with zero attached hydrogens (tertiary/aromatic N) is 2. The molecule has 2 saturated heterocycles. The fourth-order valence-electron chi connectivity index (χ4n) is 6.14. The van der Waals surface area contributed by atoms with Gasteiger partial charge in [-0.25, -0.2) is 0 Å². The quantitative estimate of drug-likeness (QED) is 0.209. The van der Waals surface area contributed by atoms with Crippen LogP contribution in [0.5, 0.6) is 5.75 Å². The van der Waals surface area contributed by atoms with Gasteiger partial charge >= 0.3 is 0 Å². The average Bonchev–Trinajstić information content (AvgIpc) is 3.07. The highest BCUT2D eigenvalue weighted by Crippen LogP contribution is 2.37. The molecule has 0 atom stereocenters. The molecule has 0 aromatic heterocycles. The Morgan fingerprint density at radius 1 is 0.979 bits per heavy atom. The normalized spacial score (nSPS) is 15.9. The molecule has 2 N–H and O–H groups in total. The topological polar surface area (TPSA) is 38.7 Å². The Morgan fingerprint density at radius 3 is 2.15 bits per heavy atom. The Morgan fingerprint density at radius 2 is 1.60 bits per heavy atom. The van der Waals surface area contributed by atoms with E-state index in [0.717, 1.165) is 35.0 Å². The third kappa shape index (κ3) is 12.6. The second-order valence-electron chi connectivity index (χ2n) is 12.7. The van der Waals surface area contributed by atoms with Crippen molar-refractivity contribution in [1.82, 2.24) is 9.80 Å². The summed E-state index contributed by atoms with van der Waals surface area (Å²) in [7, 11) is 2.25. The second-order valence-corrected chi connectivity index (χ2v) is 12.7. The van der Waals surface area contributed by atoms with Crippen LogP contribution in [0.15, 0.2) is 105 Å². The zero-order chi connectivity index (χ0) is 34.8. The lowest BCUT2D eigenvalue weighted by Crippen LogP contribution is -2.49. The molecular weight excluding hydrogens is 574 g/mol. The average molecular weight is 634 g/mol. The van der Waals surface area contributed by atoms with Crippen LogP contribution in [0.25, 0.3) is 11.1 Å². The van der Waals surface area contributed by atoms with Gasteiger partial charge in [0.25, 0.3) is 0 Å². The number of anilines is 1. The molecule has 0 saturated carbocycles. The van der Waals surface area contributed by atoms with Crippen LogP contribution >= 0.6 is 0 Å². The fourth-order valence-corrected chi connectivity index (χ4v) is 6.14. The molecule has 4 heteroatoms. The number of allylic oxidation sites excluding steroid dienone is 2. The smallest absolute Gasteiger partial charge is 0.117 e. The van der Waals surface area contributed by atoms with Crippen molar-refractivity contribution in [1.29, 1.82) is 0 Å². The van der Waals surface area contributed by atoms with E-state index in [4.69, 9.17) is 0 Å². The Labute approximate surface area is 286 Å². The Hall–Kier alpha value is -4.04. The van der Waals surface area contributed by atoms with Crippen molar-refractivity contribution < 1.29 is 5.11 Å². The standard InChI is InChI=1S/C27H34N2.C11H15NO.C3H6.C2H4/c1-4-6-22-7-5-8-24(21-22)23-9-11-25(12-10-23)27(2)15-19-29(20-16-27)26-13-17-28(3)18-14-26;1-4-9(3)12-10-5-8(2)6-11(13)7-10;1-3-2;1-2/h5,7-12,21,26H,13-20H2,1-3H3;5-7,12-13H,3-4H2,1-2H3;3H,1H2,2H3;1-2H2. The first-order chi connectivity index (χ1) is 22.6. The highest BCUT2D eigenvalue weighted by Gasteiger charge is 2.34. The monoisotopic (exact) mass is 633 g/mol. The number of nitrogens with one attached hydrogen (secondary N) is 1. The molecule has 0 aliphatic carbocycles. The first kappa shape index (κ1) is 39.1. The summed E-state index contributed by atoms with van der Waals surface area (Å²) in [5.41, 5.74) is 8.28. The maximum atomic E-state index is 9.31. The number of likely N-dealkylation sites (tertiary alicyclic amines) is 2. The number of phenolic OH excluding ortho intramolecular Hbond substituents is 1. The molecule has 2 heterocycles. The third-order valence-corrected chi connectivity index (χ3v) is 8.96. The predicted octanol–water partition coefficient (Wildman–Crippen LogP) is 10.2. The molecule has 3 aromatic rings. The molecule has 47 heavy (non-hydrogen) atoms. The summed E-state index contributed by atoms with van der Waals surface area (Å²) in [4.78, 5) is 5.24. The highest BCUT2D eigenvalue weighted by molar-refractivity contribution is 5.66. The SMILES string of the molecule is C=C.C=C(CC)Nc1cc(C)cc(O)c1.C=CC.CC#Cc1cccc(-c2ccc(C3(C)CCN(C4CCN(C)CC4)CC3)cc2)c1. The summed E-state index contributed by atoms with van der Waals surface area (Å²) >= 11 is 0. The molecule has 2 aliphatic heterocycles. The zero-order valence-corrected chi connectivity index (χ0v) is 30.0. The number of rotatable bonds is 6. The van der Waals surface area contributed by atoms with E-state index in [1.54, 1.807) is 18.2 Å². The lowest BCUT2D eigenvalue weighted by atomic mass is 9.74. The van der Waals surface area contributed by atoms with Crippen molar-refractivity contribution in [3.8, 4) is 28.7 Å². The molecule has 252 valence electrons. The van der Waals surface area contributed by atoms with Crippen molar-refractivity contribution in [2.45, 2.75) is 78.2 Å². The minimum Gasteiger partial charge on any atom is -0.508 e. The van der Waals surface area contributed by atoms with Crippen LogP contribution in [0, 0.1) is 18.8 Å². The minimum atomic E-state index is 0.284. The van der Waals surface area contributed by atoms with Crippen molar-refractivity contribution in [3.63, 3.8) is 0 Å². The van der Waals surface area contributed by atoms with Gasteiger partial charge in [-0.15, -0.1) is 25.7 Å². The van der Waals surface area contributed by atoms with Crippen molar-refractivity contribution in [2.75, 3.05) is 38.5 Å². The minimum absolute atomic E-state index is 0.284. The number of aryl methyl sites for hydroxylation is 1. The number of benzene rings is 3. The summed E-state index contributed by atoms with van der Waals surface area (Å²) in [5, 5.41) is 12.4. The molecule has 0 spiro atoms. The largest absolute Gasteiger partial charge is 0.508 e. The zero-order valence-electron chi connectivity index (χ0n) is 30.0. The molecule has 0 bridgehead atoms. The van der Waals surface area contributed by atoms with Gasteiger partial charge in [-0.05, 0) is 138 Å². The van der Waals surface area contributed by atoms with Crippen LogP contribution < -0.4 is 5.32 Å². The Balaban J connectivity index is 0.000000356. The number of aromatic hydroxyl groups is 1. The molecule has 2 fully saturated rings. The maximum Gasteiger partial charge on any atom is 0.117 e. The lowest BCUT2D eigenvalue weighted by molar-refractivity contribution is 0.0790. The Bertz CT molecular complexity index is 1430. The molecule has 0 radical (unpaired) electrons. The van der Waals surface area contributed by atoms with E-state index in [-0.39, 0.29) is 5.75 Å². The van der Waals surface area contributed by atoms with Gasteiger partial charge in [0.05, 0.1) is 0 Å². The van der Waals surface area contributed by atoms with Gasteiger partial charge in [0.2, 0.25) is 0 Å². The van der Waals surface area contributed by atoms with Gasteiger partial charge in [0.15, 0.2) is 0 Å². The summed E-state index contributed by atoms with van der Waals surface area (Å²) in [5.74, 6) is 6.44. The van der Waals surface area contributed by atoms with E-state index in [0.29, 0.717) is 5.41 Å². The van der Waals surface area contributed by atoms with Gasteiger partial charge in [-0.2, -0.15) is 0 Å². The number of hydrogen-bond acceptors (Lipinski definition) is 4. The molecule has 4 nitrogen and oxygen atoms in total. The molecule has 5 rings (SSSR count). The number of piperidine rings is 2. The summed E-state index contributed by atoms with van der Waals surface area (Å²) in [6, 6.07) is 24.0. The summed E-state index contributed by atoms with van der Waals surface area (Å²) < 4.78 is 0. The summed E-state index contributed by atoms with van der Waals surface area (Å²) in [6.45, 7) is 28.4. The second kappa shape index (κ2) is 20.3. The van der Waals surface area contributed by atoms with Crippen LogP contribution in [-0.4, -0.2) is 54.2 Å². The summed E-state index contributed by atoms with van der Waals surface area (Å²) in [6.07, 6.45) is 7.84. The van der Waals surface area contributed by atoms with Gasteiger partial charge in [-0.3, -0.25) is 0 Å². The van der Waals surface area contributed by atoms with E-state index < -0.39 is 0 Å². The van der Waals surface area contributed by atoms with Crippen LogP contribution in [-0.2, 0) is 5.41 Å². The first-order valence-electron chi connectivity index (χ1n) is 17.0. The van der Waals surface area contributed by atoms with E-state index in [2.05, 4.69) is 116 Å². The molecule has 0 amide bonds. The van der Waals surface area contributed by atoms with E-state index in [1.807, 2.05) is 33.8 Å². The van der Waals surface area contributed by atoms with Crippen LogP contribution in [0.4, 0.5) is 5.69 Å². The van der Waals surface area contributed by atoms with Crippen LogP contribution in [0.2, 0.25) is 0 Å². The Kier molecular flexibility index (Phi) is 16.9. The highest BCUT2D eigenvalue weighted by atomic mass is 16.3. The third-order valence-electron chi connectivity index (χ3n) is 8.96. The van der Waals surface area contributed by atoms with Crippen molar-refractivity contribution in [3.05, 3.63) is 122 Å². The number of phenols is 1. The number of hydrogen-bond donors (Lipinski definition) is 2. The molecule has 0 unspecified atom stereocenters. The van der Waals surface area contributed by atoms with Crippen molar-refractivity contribution in [2.24, 2.45) is 0 Å². The maximum absolute atomic E-state index is 9.31. The van der Waals surface area contributed by atoms with Crippen molar-refractivity contribution >= 4 is 5.69 Å². The molecule has 3 aromatic carbocycles. The van der Waals surface area contributed by atoms with Gasteiger partial charge in [-0.1, -0.05) is 68.8 Å². The van der Waals surface area contributed by atoms with Gasteiger partial charge in [0, 0.05) is 29.1 Å². The van der Waals surface area contributed by atoms with Gasteiger partial charge in [0.1, 0.15) is 5.75 Å². The lowest BCUT2D eigenvalue weighted by Gasteiger charge is -2.45. The predicted molar refractivity (Wildman–Crippen MR) is 206 cm³/mol. The van der Waals surface area contributed by atoms with Crippen LogP contribution in [0.3, 0.4) is 0 Å². The first-order valence-corrected chi connectivity index (χ1v) is 17.0. The van der Waals surface area contributed by atoms with Crippen LogP contribution in [0.1, 0.15) is 76.5 Å². The molecular formula is C43H59N3O. The van der Waals surface area contributed by atoms with E-state index in [9.17, 15) is 5.11 Å². The van der Waals surface area contributed by atoms with E-state index >= 15 is 0 Å². The fraction of sp³-hybridized carbons (Fsp3) is 0.395. The van der Waals surface area contributed by atoms with Gasteiger partial charge < -0.3 is 20.2 Å². The molecule has 2 aliphatic rings.